The summed E-state index contributed by atoms with van der Waals surface area (Å²) >= 11 is 0. The molecule has 0 spiro atoms. The van der Waals surface area contributed by atoms with Crippen LogP contribution in [0.1, 0.15) is 96.8 Å². The largest absolute Gasteiger partial charge is 0.469 e. The molecule has 4 heteroatoms. The molecule has 0 aromatic carbocycles. The van der Waals surface area contributed by atoms with Crippen LogP contribution >= 0.6 is 0 Å². The highest BCUT2D eigenvalue weighted by molar-refractivity contribution is 5.69. The molecule has 0 heterocycles. The van der Waals surface area contributed by atoms with Crippen molar-refractivity contribution in [3.63, 3.8) is 0 Å². The molecule has 0 saturated heterocycles. The van der Waals surface area contributed by atoms with E-state index in [9.17, 15) is 9.59 Å². The van der Waals surface area contributed by atoms with Crippen molar-refractivity contribution in [3.8, 4) is 0 Å². The van der Waals surface area contributed by atoms with Gasteiger partial charge in [0.2, 0.25) is 0 Å². The second kappa shape index (κ2) is 16.8. The van der Waals surface area contributed by atoms with Gasteiger partial charge in [-0.1, -0.05) is 71.1 Å². The Kier molecular flexibility index (Phi) is 16.0. The van der Waals surface area contributed by atoms with Gasteiger partial charge in [-0.2, -0.15) is 0 Å². The molecule has 0 N–H and O–H groups in total. The Morgan fingerprint density at radius 1 is 0.667 bits per heavy atom. The van der Waals surface area contributed by atoms with E-state index < -0.39 is 0 Å². The van der Waals surface area contributed by atoms with Crippen molar-refractivity contribution in [1.82, 2.24) is 0 Å². The van der Waals surface area contributed by atoms with E-state index in [1.807, 2.05) is 0 Å². The second-order valence-corrected chi connectivity index (χ2v) is 6.69. The third kappa shape index (κ3) is 14.5. The van der Waals surface area contributed by atoms with Gasteiger partial charge in [-0.3, -0.25) is 9.59 Å². The highest BCUT2D eigenvalue weighted by Gasteiger charge is 2.09. The Labute approximate surface area is 148 Å². The smallest absolute Gasteiger partial charge is 0.305 e. The summed E-state index contributed by atoms with van der Waals surface area (Å²) in [5.41, 5.74) is 0. The lowest BCUT2D eigenvalue weighted by molar-refractivity contribution is -0.141. The lowest BCUT2D eigenvalue weighted by Gasteiger charge is -2.13. The van der Waals surface area contributed by atoms with Gasteiger partial charge in [-0.25, -0.2) is 0 Å². The average Bonchev–Trinajstić information content (AvgIpc) is 2.61. The molecule has 0 radical (unpaired) electrons. The fraction of sp³-hybridized carbons (Fsp3) is 0.900. The van der Waals surface area contributed by atoms with Gasteiger partial charge in [-0.05, 0) is 18.8 Å². The number of carbonyl (C=O) groups is 2. The molecule has 0 saturated carbocycles. The van der Waals surface area contributed by atoms with E-state index in [-0.39, 0.29) is 11.9 Å². The molecule has 0 amide bonds. The molecule has 0 aliphatic rings. The SMILES string of the molecule is CCC(CCCCCCCCCCCC(=O)OC)CCC(=O)OC. The zero-order valence-corrected chi connectivity index (χ0v) is 16.1. The summed E-state index contributed by atoms with van der Waals surface area (Å²) in [6.07, 6.45) is 15.6. The number of methoxy groups -OCH3 is 2. The highest BCUT2D eigenvalue weighted by Crippen LogP contribution is 2.20. The molecule has 0 rings (SSSR count). The van der Waals surface area contributed by atoms with Gasteiger partial charge in [-0.15, -0.1) is 0 Å². The molecule has 0 bridgehead atoms. The van der Waals surface area contributed by atoms with Gasteiger partial charge in [0.1, 0.15) is 0 Å². The lowest BCUT2D eigenvalue weighted by Crippen LogP contribution is -2.06. The molecule has 0 aromatic rings. The maximum atomic E-state index is 11.2. The molecule has 0 aromatic heterocycles. The molecule has 142 valence electrons. The standard InChI is InChI=1S/C20H38O4/c1-4-18(16-17-20(22)24-3)14-12-10-8-6-5-7-9-11-13-15-19(21)23-2/h18H,4-17H2,1-3H3. The Hall–Kier alpha value is -1.06. The normalized spacial score (nSPS) is 12.0. The van der Waals surface area contributed by atoms with Gasteiger partial charge in [0.15, 0.2) is 0 Å². The fourth-order valence-corrected chi connectivity index (χ4v) is 3.02. The van der Waals surface area contributed by atoms with E-state index in [1.54, 1.807) is 0 Å². The molecule has 4 nitrogen and oxygen atoms in total. The summed E-state index contributed by atoms with van der Waals surface area (Å²) in [5, 5.41) is 0. The first-order valence-corrected chi connectivity index (χ1v) is 9.77. The van der Waals surface area contributed by atoms with Crippen LogP contribution in [0, 0.1) is 5.92 Å². The summed E-state index contributed by atoms with van der Waals surface area (Å²) in [4.78, 5) is 22.1. The van der Waals surface area contributed by atoms with Gasteiger partial charge in [0.25, 0.3) is 0 Å². The van der Waals surface area contributed by atoms with Crippen LogP contribution < -0.4 is 0 Å². The third-order valence-corrected chi connectivity index (χ3v) is 4.78. The Morgan fingerprint density at radius 2 is 1.12 bits per heavy atom. The molecule has 0 fully saturated rings. The van der Waals surface area contributed by atoms with E-state index in [0.717, 1.165) is 25.7 Å². The molecular weight excluding hydrogens is 304 g/mol. The van der Waals surface area contributed by atoms with Gasteiger partial charge < -0.3 is 9.47 Å². The van der Waals surface area contributed by atoms with Gasteiger partial charge >= 0.3 is 11.9 Å². The maximum Gasteiger partial charge on any atom is 0.305 e. The first kappa shape index (κ1) is 22.9. The predicted octanol–water partition coefficient (Wildman–Crippen LogP) is 5.43. The van der Waals surface area contributed by atoms with Crippen LogP contribution in [0.4, 0.5) is 0 Å². The molecule has 24 heavy (non-hydrogen) atoms. The van der Waals surface area contributed by atoms with E-state index in [1.165, 1.54) is 65.6 Å². The van der Waals surface area contributed by atoms with Crippen molar-refractivity contribution in [3.05, 3.63) is 0 Å². The molecular formula is C20H38O4. The molecule has 0 aliphatic carbocycles. The quantitative estimate of drug-likeness (QED) is 0.277. The summed E-state index contributed by atoms with van der Waals surface area (Å²) in [6.45, 7) is 2.21. The van der Waals surface area contributed by atoms with Crippen LogP contribution in [0.25, 0.3) is 0 Å². The second-order valence-electron chi connectivity index (χ2n) is 6.69. The van der Waals surface area contributed by atoms with E-state index in [2.05, 4.69) is 11.7 Å². The monoisotopic (exact) mass is 342 g/mol. The van der Waals surface area contributed by atoms with Crippen LogP contribution in [-0.4, -0.2) is 26.2 Å². The van der Waals surface area contributed by atoms with E-state index in [4.69, 9.17) is 4.74 Å². The number of ether oxygens (including phenoxy) is 2. The first-order valence-electron chi connectivity index (χ1n) is 9.77. The summed E-state index contributed by atoms with van der Waals surface area (Å²) in [6, 6.07) is 0. The van der Waals surface area contributed by atoms with Crippen molar-refractivity contribution >= 4 is 11.9 Å². The van der Waals surface area contributed by atoms with Crippen molar-refractivity contribution in [2.24, 2.45) is 5.92 Å². The topological polar surface area (TPSA) is 52.6 Å². The van der Waals surface area contributed by atoms with E-state index >= 15 is 0 Å². The first-order chi connectivity index (χ1) is 11.6. The number of hydrogen-bond donors (Lipinski definition) is 0. The Balaban J connectivity index is 3.34. The Morgan fingerprint density at radius 3 is 1.62 bits per heavy atom. The zero-order valence-electron chi connectivity index (χ0n) is 16.1. The maximum absolute atomic E-state index is 11.2. The number of carbonyl (C=O) groups excluding carboxylic acids is 2. The number of unbranched alkanes of at least 4 members (excludes halogenated alkanes) is 8. The van der Waals surface area contributed by atoms with Crippen molar-refractivity contribution < 1.29 is 19.1 Å². The number of rotatable bonds is 16. The van der Waals surface area contributed by atoms with Crippen LogP contribution in [0.15, 0.2) is 0 Å². The summed E-state index contributed by atoms with van der Waals surface area (Å²) in [5.74, 6) is 0.492. The van der Waals surface area contributed by atoms with Crippen molar-refractivity contribution in [2.75, 3.05) is 14.2 Å². The zero-order chi connectivity index (χ0) is 18.0. The van der Waals surface area contributed by atoms with Crippen molar-refractivity contribution in [1.29, 1.82) is 0 Å². The highest BCUT2D eigenvalue weighted by atomic mass is 16.5. The molecule has 0 aliphatic heterocycles. The molecule has 1 atom stereocenters. The van der Waals surface area contributed by atoms with E-state index in [0.29, 0.717) is 18.8 Å². The van der Waals surface area contributed by atoms with Gasteiger partial charge in [0, 0.05) is 12.8 Å². The van der Waals surface area contributed by atoms with Gasteiger partial charge in [0.05, 0.1) is 14.2 Å². The van der Waals surface area contributed by atoms with Crippen LogP contribution in [-0.2, 0) is 19.1 Å². The minimum atomic E-state index is -0.0908. The van der Waals surface area contributed by atoms with Crippen molar-refractivity contribution in [2.45, 2.75) is 96.8 Å². The summed E-state index contributed by atoms with van der Waals surface area (Å²) < 4.78 is 9.33. The third-order valence-electron chi connectivity index (χ3n) is 4.78. The predicted molar refractivity (Wildman–Crippen MR) is 97.8 cm³/mol. The minimum absolute atomic E-state index is 0.0833. The van der Waals surface area contributed by atoms with Crippen LogP contribution in [0.3, 0.4) is 0 Å². The molecule has 1 unspecified atom stereocenters. The summed E-state index contributed by atoms with van der Waals surface area (Å²) in [7, 11) is 2.91. The Bertz CT molecular complexity index is 315. The number of esters is 2. The van der Waals surface area contributed by atoms with Crippen LogP contribution in [0.5, 0.6) is 0 Å². The minimum Gasteiger partial charge on any atom is -0.469 e. The lowest BCUT2D eigenvalue weighted by atomic mass is 9.93. The number of hydrogen-bond acceptors (Lipinski definition) is 4. The average molecular weight is 343 g/mol. The van der Waals surface area contributed by atoms with Crippen LogP contribution in [0.2, 0.25) is 0 Å². The fourth-order valence-electron chi connectivity index (χ4n) is 3.02.